The van der Waals surface area contributed by atoms with Crippen LogP contribution in [0.1, 0.15) is 5.56 Å². The normalized spacial score (nSPS) is 11.2. The van der Waals surface area contributed by atoms with E-state index in [1.807, 2.05) is 0 Å². The molecule has 0 amide bonds. The first-order valence-electron chi connectivity index (χ1n) is 5.07. The Morgan fingerprint density at radius 2 is 1.45 bits per heavy atom. The summed E-state index contributed by atoms with van der Waals surface area (Å²) in [7, 11) is 4.10. The fourth-order valence-corrected chi connectivity index (χ4v) is 2.27. The monoisotopic (exact) mass is 341 g/mol. The van der Waals surface area contributed by atoms with Crippen molar-refractivity contribution in [2.75, 3.05) is 21.3 Å². The van der Waals surface area contributed by atoms with Crippen molar-refractivity contribution in [3.8, 4) is 17.2 Å². The minimum Gasteiger partial charge on any atom is -0.491 e. The van der Waals surface area contributed by atoms with Gasteiger partial charge in [-0.05, 0) is 11.6 Å². The third-order valence-electron chi connectivity index (χ3n) is 2.33. The van der Waals surface area contributed by atoms with Gasteiger partial charge in [0, 0.05) is 11.6 Å². The maximum absolute atomic E-state index is 10.6. The van der Waals surface area contributed by atoms with Gasteiger partial charge < -0.3 is 14.2 Å². The van der Waals surface area contributed by atoms with Gasteiger partial charge in [0.05, 0.1) is 36.3 Å². The summed E-state index contributed by atoms with van der Waals surface area (Å²) >= 11 is 17.7. The molecule has 0 bridgehead atoms. The Morgan fingerprint density at radius 1 is 1.05 bits per heavy atom. The molecule has 20 heavy (non-hydrogen) atoms. The summed E-state index contributed by atoms with van der Waals surface area (Å²) in [5.74, 6) is 0.448. The largest absolute Gasteiger partial charge is 0.491 e. The van der Waals surface area contributed by atoms with E-state index in [0.717, 1.165) is 6.08 Å². The van der Waals surface area contributed by atoms with Crippen molar-refractivity contribution < 1.29 is 19.1 Å². The number of rotatable bonds is 5. The summed E-state index contributed by atoms with van der Waals surface area (Å²) in [4.78, 5) is 9.81. The van der Waals surface area contributed by atoms with Gasteiger partial charge >= 0.3 is 5.16 Å². The van der Waals surface area contributed by atoms with Crippen LogP contribution in [0.15, 0.2) is 5.16 Å². The van der Waals surface area contributed by atoms with E-state index in [9.17, 15) is 10.1 Å². The third-order valence-corrected chi connectivity index (χ3v) is 3.33. The standard InChI is InChI=1S/C11H10Cl3NO5/c1-18-9-7(13)5(4-6(12)15(16)17)8(14)10(19-2)11(9)20-3/h4H,1-3H3/b6-4+. The first-order valence-corrected chi connectivity index (χ1v) is 6.20. The molecule has 0 atom stereocenters. The molecule has 0 heterocycles. The second kappa shape index (κ2) is 6.88. The van der Waals surface area contributed by atoms with Crippen LogP contribution in [-0.2, 0) is 0 Å². The molecule has 0 fully saturated rings. The number of halogens is 3. The van der Waals surface area contributed by atoms with Crippen molar-refractivity contribution in [1.29, 1.82) is 0 Å². The van der Waals surface area contributed by atoms with E-state index < -0.39 is 10.1 Å². The van der Waals surface area contributed by atoms with Gasteiger partial charge in [-0.2, -0.15) is 0 Å². The minimum atomic E-state index is -0.780. The van der Waals surface area contributed by atoms with Crippen LogP contribution in [0.3, 0.4) is 0 Å². The molecular weight excluding hydrogens is 332 g/mol. The predicted molar refractivity (Wildman–Crippen MR) is 76.9 cm³/mol. The van der Waals surface area contributed by atoms with E-state index in [4.69, 9.17) is 49.0 Å². The lowest BCUT2D eigenvalue weighted by Gasteiger charge is -2.17. The van der Waals surface area contributed by atoms with Crippen LogP contribution in [0.2, 0.25) is 10.0 Å². The number of benzene rings is 1. The molecule has 0 aliphatic carbocycles. The summed E-state index contributed by atoms with van der Waals surface area (Å²) in [6.45, 7) is 0. The van der Waals surface area contributed by atoms with Gasteiger partial charge in [0.25, 0.3) is 0 Å². The van der Waals surface area contributed by atoms with E-state index in [2.05, 4.69) is 0 Å². The Hall–Kier alpha value is -1.37. The van der Waals surface area contributed by atoms with Crippen LogP contribution in [-0.4, -0.2) is 26.3 Å². The molecule has 0 aliphatic heterocycles. The molecule has 0 spiro atoms. The van der Waals surface area contributed by atoms with Crippen LogP contribution in [0, 0.1) is 10.1 Å². The summed E-state index contributed by atoms with van der Waals surface area (Å²) in [5, 5.41) is 9.99. The number of nitrogens with zero attached hydrogens (tertiary/aromatic N) is 1. The van der Waals surface area contributed by atoms with Crippen molar-refractivity contribution in [3.63, 3.8) is 0 Å². The molecule has 1 rings (SSSR count). The number of nitro groups is 1. The number of hydrogen-bond acceptors (Lipinski definition) is 5. The van der Waals surface area contributed by atoms with E-state index in [1.54, 1.807) is 0 Å². The molecule has 0 radical (unpaired) electrons. The highest BCUT2D eigenvalue weighted by molar-refractivity contribution is 6.40. The van der Waals surface area contributed by atoms with E-state index in [1.165, 1.54) is 21.3 Å². The quantitative estimate of drug-likeness (QED) is 0.462. The molecule has 0 saturated heterocycles. The van der Waals surface area contributed by atoms with Gasteiger partial charge in [-0.15, -0.1) is 0 Å². The smallest absolute Gasteiger partial charge is 0.337 e. The molecule has 0 N–H and O–H groups in total. The second-order valence-corrected chi connectivity index (χ2v) is 4.51. The van der Waals surface area contributed by atoms with E-state index in [0.29, 0.717) is 0 Å². The zero-order valence-corrected chi connectivity index (χ0v) is 13.0. The Labute approximate surface area is 129 Å². The molecule has 0 aromatic heterocycles. The molecular formula is C11H10Cl3NO5. The lowest BCUT2D eigenvalue weighted by molar-refractivity contribution is -0.410. The van der Waals surface area contributed by atoms with Crippen molar-refractivity contribution in [1.82, 2.24) is 0 Å². The van der Waals surface area contributed by atoms with Gasteiger partial charge in [0.2, 0.25) is 5.75 Å². The van der Waals surface area contributed by atoms with Crippen LogP contribution in [0.5, 0.6) is 17.2 Å². The Kier molecular flexibility index (Phi) is 5.74. The zero-order chi connectivity index (χ0) is 15.4. The molecule has 110 valence electrons. The van der Waals surface area contributed by atoms with Gasteiger partial charge in [-0.1, -0.05) is 23.2 Å². The molecule has 0 saturated carbocycles. The molecule has 1 aromatic rings. The number of methoxy groups -OCH3 is 3. The van der Waals surface area contributed by atoms with E-state index >= 15 is 0 Å². The number of hydrogen-bond donors (Lipinski definition) is 0. The molecule has 0 aliphatic rings. The van der Waals surface area contributed by atoms with Gasteiger partial charge in [-0.25, -0.2) is 0 Å². The Bertz CT molecular complexity index is 543. The average molecular weight is 343 g/mol. The van der Waals surface area contributed by atoms with Crippen molar-refractivity contribution in [2.24, 2.45) is 0 Å². The summed E-state index contributed by atoms with van der Waals surface area (Å²) in [5.41, 5.74) is 0.101. The fraction of sp³-hybridized carbons (Fsp3) is 0.273. The van der Waals surface area contributed by atoms with Gasteiger partial charge in [-0.3, -0.25) is 10.1 Å². The molecule has 6 nitrogen and oxygen atoms in total. The second-order valence-electron chi connectivity index (χ2n) is 3.37. The van der Waals surface area contributed by atoms with Crippen LogP contribution < -0.4 is 14.2 Å². The Morgan fingerprint density at radius 3 is 1.75 bits per heavy atom. The summed E-state index contributed by atoms with van der Waals surface area (Å²) < 4.78 is 15.3. The zero-order valence-electron chi connectivity index (χ0n) is 10.7. The van der Waals surface area contributed by atoms with Crippen molar-refractivity contribution in [2.45, 2.75) is 0 Å². The van der Waals surface area contributed by atoms with Crippen LogP contribution >= 0.6 is 34.8 Å². The van der Waals surface area contributed by atoms with Gasteiger partial charge in [0.15, 0.2) is 11.5 Å². The highest BCUT2D eigenvalue weighted by Gasteiger charge is 2.25. The minimum absolute atomic E-state index is 0.0233. The highest BCUT2D eigenvalue weighted by Crippen LogP contribution is 2.50. The SMILES string of the molecule is COc1c(Cl)c(/C=C(\Cl)[N+](=O)[O-])c(Cl)c(OC)c1OC. The lowest BCUT2D eigenvalue weighted by Crippen LogP contribution is -1.99. The topological polar surface area (TPSA) is 70.8 Å². The molecule has 9 heteroatoms. The highest BCUT2D eigenvalue weighted by atomic mass is 35.5. The van der Waals surface area contributed by atoms with Crippen LogP contribution in [0.25, 0.3) is 6.08 Å². The van der Waals surface area contributed by atoms with Gasteiger partial charge in [0.1, 0.15) is 0 Å². The van der Waals surface area contributed by atoms with E-state index in [-0.39, 0.29) is 32.9 Å². The molecule has 1 aromatic carbocycles. The maximum atomic E-state index is 10.6. The first-order chi connectivity index (χ1) is 9.38. The van der Waals surface area contributed by atoms with Crippen molar-refractivity contribution in [3.05, 3.63) is 30.9 Å². The van der Waals surface area contributed by atoms with Crippen molar-refractivity contribution >= 4 is 40.9 Å². The average Bonchev–Trinajstić information content (AvgIpc) is 2.42. The maximum Gasteiger partial charge on any atom is 0.337 e. The summed E-state index contributed by atoms with van der Waals surface area (Å²) in [6, 6.07) is 0. The van der Waals surface area contributed by atoms with Crippen LogP contribution in [0.4, 0.5) is 0 Å². The fourth-order valence-electron chi connectivity index (χ4n) is 1.49. The Balaban J connectivity index is 3.70. The first kappa shape index (κ1) is 16.7. The number of ether oxygens (including phenoxy) is 3. The summed E-state index contributed by atoms with van der Waals surface area (Å²) in [6.07, 6.45) is 1.01. The third kappa shape index (κ3) is 3.03. The molecule has 0 unspecified atom stereocenters. The predicted octanol–water partition coefficient (Wildman–Crippen LogP) is 3.83. The lowest BCUT2D eigenvalue weighted by atomic mass is 10.1.